The molecule has 1 atom stereocenters. The lowest BCUT2D eigenvalue weighted by Gasteiger charge is -2.19. The number of benzene rings is 1. The van der Waals surface area contributed by atoms with Crippen molar-refractivity contribution in [2.24, 2.45) is 0 Å². The van der Waals surface area contributed by atoms with Crippen LogP contribution in [0.4, 0.5) is 10.1 Å². The predicted molar refractivity (Wildman–Crippen MR) is 60.8 cm³/mol. The van der Waals surface area contributed by atoms with E-state index in [1.54, 1.807) is 12.1 Å². The fraction of sp³-hybridized carbons (Fsp3) is 0.417. The van der Waals surface area contributed by atoms with Gasteiger partial charge in [-0.3, -0.25) is 0 Å². The highest BCUT2D eigenvalue weighted by Crippen LogP contribution is 2.25. The molecule has 0 radical (unpaired) electrons. The number of hydrogen-bond acceptors (Lipinski definition) is 3. The highest BCUT2D eigenvalue weighted by Gasteiger charge is 2.23. The first-order chi connectivity index (χ1) is 7.76. The summed E-state index contributed by atoms with van der Waals surface area (Å²) in [4.78, 5) is 2.06. The fourth-order valence-electron chi connectivity index (χ4n) is 2.10. The molecule has 1 aliphatic rings. The molecule has 0 saturated carbocycles. The fourth-order valence-corrected chi connectivity index (χ4v) is 2.10. The predicted octanol–water partition coefficient (Wildman–Crippen LogP) is 1.50. The third kappa shape index (κ3) is 1.86. The molecule has 1 N–H and O–H groups in total. The van der Waals surface area contributed by atoms with Gasteiger partial charge in [-0.1, -0.05) is 6.07 Å². The van der Waals surface area contributed by atoms with Crippen molar-refractivity contribution in [3.05, 3.63) is 29.6 Å². The highest BCUT2D eigenvalue weighted by molar-refractivity contribution is 5.60. The molecule has 4 heteroatoms. The molecule has 0 bridgehead atoms. The number of nitrogens with one attached hydrogen (secondary N) is 1. The van der Waals surface area contributed by atoms with E-state index in [-0.39, 0.29) is 5.56 Å². The van der Waals surface area contributed by atoms with Crippen LogP contribution in [0.25, 0.3) is 0 Å². The molecule has 3 nitrogen and oxygen atoms in total. The number of nitriles is 1. The second-order valence-electron chi connectivity index (χ2n) is 3.97. The van der Waals surface area contributed by atoms with Crippen LogP contribution in [0.15, 0.2) is 18.2 Å². The standard InChI is InChI=1S/C12H14FN3/c1-15-9-5-6-16(8-9)12-4-2-3-11(13)10(12)7-14/h2-4,9,15H,5-6,8H2,1H3. The molecule has 0 spiro atoms. The van der Waals surface area contributed by atoms with E-state index in [1.807, 2.05) is 13.1 Å². The Kier molecular flexibility index (Phi) is 3.07. The largest absolute Gasteiger partial charge is 0.369 e. The zero-order chi connectivity index (χ0) is 11.5. The van der Waals surface area contributed by atoms with Crippen LogP contribution in [0.2, 0.25) is 0 Å². The number of anilines is 1. The summed E-state index contributed by atoms with van der Waals surface area (Å²) in [5, 5.41) is 12.1. The average Bonchev–Trinajstić information content (AvgIpc) is 2.77. The molecule has 1 aromatic carbocycles. The topological polar surface area (TPSA) is 39.1 Å². The molecule has 84 valence electrons. The van der Waals surface area contributed by atoms with Crippen molar-refractivity contribution >= 4 is 5.69 Å². The van der Waals surface area contributed by atoms with Crippen LogP contribution >= 0.6 is 0 Å². The lowest BCUT2D eigenvalue weighted by molar-refractivity contribution is 0.614. The first-order valence-electron chi connectivity index (χ1n) is 5.37. The monoisotopic (exact) mass is 219 g/mol. The molecule has 0 amide bonds. The molecule has 16 heavy (non-hydrogen) atoms. The van der Waals surface area contributed by atoms with Crippen LogP contribution in [0.3, 0.4) is 0 Å². The Bertz CT molecular complexity index is 425. The minimum Gasteiger partial charge on any atom is -0.369 e. The van der Waals surface area contributed by atoms with Crippen molar-refractivity contribution < 1.29 is 4.39 Å². The minimum absolute atomic E-state index is 0.152. The zero-order valence-electron chi connectivity index (χ0n) is 9.20. The smallest absolute Gasteiger partial charge is 0.143 e. The van der Waals surface area contributed by atoms with Gasteiger partial charge in [-0.2, -0.15) is 5.26 Å². The molecular formula is C12H14FN3. The Morgan fingerprint density at radius 1 is 1.56 bits per heavy atom. The maximum absolute atomic E-state index is 13.4. The van der Waals surface area contributed by atoms with Gasteiger partial charge < -0.3 is 10.2 Å². The molecule has 1 saturated heterocycles. The Hall–Kier alpha value is -1.60. The van der Waals surface area contributed by atoms with Gasteiger partial charge in [0.25, 0.3) is 0 Å². The summed E-state index contributed by atoms with van der Waals surface area (Å²) in [5.41, 5.74) is 0.861. The molecule has 1 fully saturated rings. The van der Waals surface area contributed by atoms with Crippen molar-refractivity contribution in [3.8, 4) is 6.07 Å². The van der Waals surface area contributed by atoms with Gasteiger partial charge in [-0.25, -0.2) is 4.39 Å². The highest BCUT2D eigenvalue weighted by atomic mass is 19.1. The number of nitrogens with zero attached hydrogens (tertiary/aromatic N) is 2. The summed E-state index contributed by atoms with van der Waals surface area (Å²) < 4.78 is 13.4. The molecule has 1 heterocycles. The van der Waals surface area contributed by atoms with Crippen molar-refractivity contribution in [2.45, 2.75) is 12.5 Å². The van der Waals surface area contributed by atoms with E-state index in [1.165, 1.54) is 6.07 Å². The van der Waals surface area contributed by atoms with Gasteiger partial charge in [-0.15, -0.1) is 0 Å². The Labute approximate surface area is 94.5 Å². The maximum atomic E-state index is 13.4. The molecule has 1 aliphatic heterocycles. The summed E-state index contributed by atoms with van der Waals surface area (Å²) in [6, 6.07) is 7.15. The van der Waals surface area contributed by atoms with Gasteiger partial charge in [-0.05, 0) is 25.6 Å². The van der Waals surface area contributed by atoms with Crippen molar-refractivity contribution in [3.63, 3.8) is 0 Å². The number of hydrogen-bond donors (Lipinski definition) is 1. The van der Waals surface area contributed by atoms with E-state index in [0.717, 1.165) is 19.5 Å². The summed E-state index contributed by atoms with van der Waals surface area (Å²) >= 11 is 0. The van der Waals surface area contributed by atoms with Gasteiger partial charge in [0.1, 0.15) is 17.4 Å². The quantitative estimate of drug-likeness (QED) is 0.819. The van der Waals surface area contributed by atoms with Crippen LogP contribution in [-0.4, -0.2) is 26.2 Å². The van der Waals surface area contributed by atoms with E-state index >= 15 is 0 Å². The third-order valence-corrected chi connectivity index (χ3v) is 3.04. The maximum Gasteiger partial charge on any atom is 0.143 e. The molecule has 0 aliphatic carbocycles. The molecular weight excluding hydrogens is 205 g/mol. The van der Waals surface area contributed by atoms with Gasteiger partial charge in [0.15, 0.2) is 0 Å². The summed E-state index contributed by atoms with van der Waals surface area (Å²) in [7, 11) is 1.92. The van der Waals surface area contributed by atoms with Crippen LogP contribution in [-0.2, 0) is 0 Å². The Morgan fingerprint density at radius 3 is 3.00 bits per heavy atom. The van der Waals surface area contributed by atoms with Crippen LogP contribution < -0.4 is 10.2 Å². The lowest BCUT2D eigenvalue weighted by Crippen LogP contribution is -2.29. The van der Waals surface area contributed by atoms with E-state index in [4.69, 9.17) is 5.26 Å². The normalized spacial score (nSPS) is 19.8. The number of rotatable bonds is 2. The van der Waals surface area contributed by atoms with E-state index < -0.39 is 5.82 Å². The van der Waals surface area contributed by atoms with Crippen molar-refractivity contribution in [1.29, 1.82) is 5.26 Å². The van der Waals surface area contributed by atoms with Gasteiger partial charge in [0.05, 0.1) is 5.69 Å². The van der Waals surface area contributed by atoms with Crippen molar-refractivity contribution in [2.75, 3.05) is 25.0 Å². The zero-order valence-corrected chi connectivity index (χ0v) is 9.20. The van der Waals surface area contributed by atoms with Gasteiger partial charge in [0, 0.05) is 19.1 Å². The number of likely N-dealkylation sites (N-methyl/N-ethyl adjacent to an activating group) is 1. The second kappa shape index (κ2) is 4.50. The van der Waals surface area contributed by atoms with Crippen LogP contribution in [0.5, 0.6) is 0 Å². The lowest BCUT2D eigenvalue weighted by atomic mass is 10.1. The molecule has 0 aromatic heterocycles. The SMILES string of the molecule is CNC1CCN(c2cccc(F)c2C#N)C1. The van der Waals surface area contributed by atoms with E-state index in [9.17, 15) is 4.39 Å². The average molecular weight is 219 g/mol. The van der Waals surface area contributed by atoms with E-state index in [2.05, 4.69) is 10.2 Å². The second-order valence-corrected chi connectivity index (χ2v) is 3.97. The molecule has 1 unspecified atom stereocenters. The molecule has 1 aromatic rings. The van der Waals surface area contributed by atoms with Crippen LogP contribution in [0.1, 0.15) is 12.0 Å². The summed E-state index contributed by atoms with van der Waals surface area (Å²) in [5.74, 6) is -0.437. The van der Waals surface area contributed by atoms with E-state index in [0.29, 0.717) is 11.7 Å². The van der Waals surface area contributed by atoms with Crippen LogP contribution in [0, 0.1) is 17.1 Å². The first kappa shape index (κ1) is 10.9. The molecule has 2 rings (SSSR count). The summed E-state index contributed by atoms with van der Waals surface area (Å²) in [6.07, 6.45) is 1.03. The summed E-state index contributed by atoms with van der Waals surface area (Å²) in [6.45, 7) is 1.69. The van der Waals surface area contributed by atoms with Crippen molar-refractivity contribution in [1.82, 2.24) is 5.32 Å². The third-order valence-electron chi connectivity index (χ3n) is 3.04. The van der Waals surface area contributed by atoms with Gasteiger partial charge in [0.2, 0.25) is 0 Å². The minimum atomic E-state index is -0.437. The first-order valence-corrected chi connectivity index (χ1v) is 5.37. The Balaban J connectivity index is 2.28. The Morgan fingerprint density at radius 2 is 2.38 bits per heavy atom. The number of halogens is 1. The van der Waals surface area contributed by atoms with Gasteiger partial charge >= 0.3 is 0 Å².